The summed E-state index contributed by atoms with van der Waals surface area (Å²) < 4.78 is 1.01. The minimum atomic E-state index is 0.238. The number of aryl methyl sites for hydroxylation is 2. The Labute approximate surface area is 115 Å². The molecule has 90 valence electrons. The lowest BCUT2D eigenvalue weighted by Gasteiger charge is -2.08. The van der Waals surface area contributed by atoms with Crippen LogP contribution in [0.4, 0.5) is 0 Å². The molecule has 1 aromatic carbocycles. The number of rotatable bonds is 2. The van der Waals surface area contributed by atoms with Crippen LogP contribution in [0.15, 0.2) is 28.7 Å². The maximum Gasteiger partial charge on any atom is 0.143 e. The zero-order valence-electron chi connectivity index (χ0n) is 10.2. The summed E-state index contributed by atoms with van der Waals surface area (Å²) in [4.78, 5) is 8.70. The average molecular weight is 302 g/mol. The number of aromatic nitrogens is 2. The van der Waals surface area contributed by atoms with Crippen molar-refractivity contribution in [3.05, 3.63) is 45.8 Å². The predicted molar refractivity (Wildman–Crippen MR) is 74.0 cm³/mol. The van der Waals surface area contributed by atoms with Crippen LogP contribution in [0.5, 0.6) is 0 Å². The molecule has 1 heterocycles. The predicted octanol–water partition coefficient (Wildman–Crippen LogP) is 3.59. The van der Waals surface area contributed by atoms with E-state index < -0.39 is 0 Å². The minimum Gasteiger partial charge on any atom is -0.237 e. The summed E-state index contributed by atoms with van der Waals surface area (Å²) in [6.45, 7) is 3.96. The Hall–Kier alpha value is -1.73. The van der Waals surface area contributed by atoms with E-state index in [2.05, 4.69) is 32.0 Å². The largest absolute Gasteiger partial charge is 0.237 e. The molecule has 0 spiro atoms. The highest BCUT2D eigenvalue weighted by Gasteiger charge is 2.07. The van der Waals surface area contributed by atoms with Gasteiger partial charge in [0, 0.05) is 15.7 Å². The number of hydrogen-bond acceptors (Lipinski definition) is 3. The van der Waals surface area contributed by atoms with E-state index in [-0.39, 0.29) is 6.42 Å². The number of halogens is 1. The highest BCUT2D eigenvalue weighted by atomic mass is 79.9. The van der Waals surface area contributed by atoms with Crippen molar-refractivity contribution in [2.75, 3.05) is 0 Å². The van der Waals surface area contributed by atoms with Gasteiger partial charge >= 0.3 is 0 Å². The summed E-state index contributed by atoms with van der Waals surface area (Å²) in [6.07, 6.45) is 0.238. The van der Waals surface area contributed by atoms with Gasteiger partial charge in [0.1, 0.15) is 5.82 Å². The lowest BCUT2D eigenvalue weighted by Crippen LogP contribution is -1.99. The first-order valence-corrected chi connectivity index (χ1v) is 6.37. The fourth-order valence-corrected chi connectivity index (χ4v) is 2.15. The second-order valence-electron chi connectivity index (χ2n) is 4.10. The molecule has 3 nitrogen and oxygen atoms in total. The van der Waals surface area contributed by atoms with Crippen LogP contribution in [-0.2, 0) is 6.42 Å². The smallest absolute Gasteiger partial charge is 0.143 e. The standard InChI is InChI=1S/C14H12BrN3/c1-9-3-4-11(15)8-12(9)13-7-10(2)17-14(18-13)5-6-16/h3-4,7-8H,5H2,1-2H3. The fraction of sp³-hybridized carbons (Fsp3) is 0.214. The van der Waals surface area contributed by atoms with Crippen molar-refractivity contribution in [2.24, 2.45) is 0 Å². The van der Waals surface area contributed by atoms with Crippen LogP contribution in [-0.4, -0.2) is 9.97 Å². The van der Waals surface area contributed by atoms with Gasteiger partial charge in [-0.05, 0) is 37.6 Å². The molecule has 0 aliphatic rings. The Balaban J connectivity index is 2.56. The molecule has 18 heavy (non-hydrogen) atoms. The first-order valence-electron chi connectivity index (χ1n) is 5.58. The van der Waals surface area contributed by atoms with Crippen LogP contribution in [0.1, 0.15) is 17.1 Å². The van der Waals surface area contributed by atoms with E-state index in [1.807, 2.05) is 38.1 Å². The van der Waals surface area contributed by atoms with E-state index in [4.69, 9.17) is 5.26 Å². The number of nitriles is 1. The van der Waals surface area contributed by atoms with Gasteiger partial charge in [-0.25, -0.2) is 9.97 Å². The van der Waals surface area contributed by atoms with Gasteiger partial charge in [-0.1, -0.05) is 22.0 Å². The van der Waals surface area contributed by atoms with Gasteiger partial charge in [0.15, 0.2) is 0 Å². The van der Waals surface area contributed by atoms with Gasteiger partial charge < -0.3 is 0 Å². The summed E-state index contributed by atoms with van der Waals surface area (Å²) in [5.41, 5.74) is 3.96. The Bertz CT molecular complexity index is 629. The monoisotopic (exact) mass is 301 g/mol. The first kappa shape index (κ1) is 12.7. The average Bonchev–Trinajstić information content (AvgIpc) is 2.32. The third-order valence-electron chi connectivity index (χ3n) is 2.61. The van der Waals surface area contributed by atoms with E-state index in [0.717, 1.165) is 27.0 Å². The van der Waals surface area contributed by atoms with Gasteiger partial charge in [0.25, 0.3) is 0 Å². The van der Waals surface area contributed by atoms with E-state index in [9.17, 15) is 0 Å². The summed E-state index contributed by atoms with van der Waals surface area (Å²) >= 11 is 3.47. The van der Waals surface area contributed by atoms with Gasteiger partial charge in [-0.15, -0.1) is 0 Å². The molecular weight excluding hydrogens is 290 g/mol. The van der Waals surface area contributed by atoms with Crippen molar-refractivity contribution < 1.29 is 0 Å². The number of benzene rings is 1. The molecule has 1 aromatic heterocycles. The highest BCUT2D eigenvalue weighted by molar-refractivity contribution is 9.10. The van der Waals surface area contributed by atoms with Crippen LogP contribution < -0.4 is 0 Å². The zero-order chi connectivity index (χ0) is 13.1. The molecule has 2 aromatic rings. The van der Waals surface area contributed by atoms with Gasteiger partial charge in [0.2, 0.25) is 0 Å². The molecule has 4 heteroatoms. The molecule has 0 bridgehead atoms. The molecule has 0 unspecified atom stereocenters. The normalized spacial score (nSPS) is 10.1. The molecule has 0 aliphatic heterocycles. The summed E-state index contributed by atoms with van der Waals surface area (Å²) in [5.74, 6) is 0.576. The Morgan fingerprint density at radius 3 is 2.72 bits per heavy atom. The molecular formula is C14H12BrN3. The van der Waals surface area contributed by atoms with E-state index in [0.29, 0.717) is 5.82 Å². The van der Waals surface area contributed by atoms with E-state index in [1.165, 1.54) is 0 Å². The number of hydrogen-bond donors (Lipinski definition) is 0. The second-order valence-corrected chi connectivity index (χ2v) is 5.02. The first-order chi connectivity index (χ1) is 8.60. The van der Waals surface area contributed by atoms with Gasteiger partial charge in [-0.3, -0.25) is 0 Å². The van der Waals surface area contributed by atoms with Crippen LogP contribution in [0.25, 0.3) is 11.3 Å². The van der Waals surface area contributed by atoms with Crippen molar-refractivity contribution in [2.45, 2.75) is 20.3 Å². The molecule has 0 N–H and O–H groups in total. The van der Waals surface area contributed by atoms with Crippen molar-refractivity contribution >= 4 is 15.9 Å². The molecule has 2 rings (SSSR count). The van der Waals surface area contributed by atoms with Gasteiger partial charge in [0.05, 0.1) is 18.2 Å². The molecule has 0 saturated carbocycles. The topological polar surface area (TPSA) is 49.6 Å². The second kappa shape index (κ2) is 5.28. The van der Waals surface area contributed by atoms with Crippen LogP contribution in [0.3, 0.4) is 0 Å². The summed E-state index contributed by atoms with van der Waals surface area (Å²) in [7, 11) is 0. The Morgan fingerprint density at radius 1 is 1.22 bits per heavy atom. The van der Waals surface area contributed by atoms with E-state index in [1.54, 1.807) is 0 Å². The highest BCUT2D eigenvalue weighted by Crippen LogP contribution is 2.25. The molecule has 0 fully saturated rings. The van der Waals surface area contributed by atoms with Crippen molar-refractivity contribution in [3.63, 3.8) is 0 Å². The van der Waals surface area contributed by atoms with Crippen LogP contribution >= 0.6 is 15.9 Å². The van der Waals surface area contributed by atoms with Crippen LogP contribution in [0.2, 0.25) is 0 Å². The molecule has 0 amide bonds. The van der Waals surface area contributed by atoms with Crippen molar-refractivity contribution in [1.82, 2.24) is 9.97 Å². The maximum atomic E-state index is 8.73. The lowest BCUT2D eigenvalue weighted by atomic mass is 10.1. The summed E-state index contributed by atoms with van der Waals surface area (Å²) in [6, 6.07) is 10.1. The minimum absolute atomic E-state index is 0.238. The SMILES string of the molecule is Cc1cc(-c2cc(Br)ccc2C)nc(CC#N)n1. The fourth-order valence-electron chi connectivity index (χ4n) is 1.79. The third-order valence-corrected chi connectivity index (χ3v) is 3.11. The molecule has 0 saturated heterocycles. The van der Waals surface area contributed by atoms with Crippen LogP contribution in [0, 0.1) is 25.2 Å². The maximum absolute atomic E-state index is 8.73. The Kier molecular flexibility index (Phi) is 3.73. The van der Waals surface area contributed by atoms with Crippen molar-refractivity contribution in [3.8, 4) is 17.3 Å². The van der Waals surface area contributed by atoms with Gasteiger partial charge in [-0.2, -0.15) is 5.26 Å². The zero-order valence-corrected chi connectivity index (χ0v) is 11.8. The Morgan fingerprint density at radius 2 is 2.00 bits per heavy atom. The number of nitrogens with zero attached hydrogens (tertiary/aromatic N) is 3. The van der Waals surface area contributed by atoms with E-state index >= 15 is 0 Å². The third kappa shape index (κ3) is 2.74. The molecule has 0 radical (unpaired) electrons. The molecule has 0 aliphatic carbocycles. The van der Waals surface area contributed by atoms with Crippen molar-refractivity contribution in [1.29, 1.82) is 5.26 Å². The molecule has 0 atom stereocenters. The quantitative estimate of drug-likeness (QED) is 0.852. The lowest BCUT2D eigenvalue weighted by molar-refractivity contribution is 0.968. The summed E-state index contributed by atoms with van der Waals surface area (Å²) in [5, 5.41) is 8.73.